The van der Waals surface area contributed by atoms with E-state index in [0.717, 1.165) is 30.0 Å². The summed E-state index contributed by atoms with van der Waals surface area (Å²) in [5.74, 6) is -1.30. The predicted octanol–water partition coefficient (Wildman–Crippen LogP) is 3.03. The molecule has 0 aliphatic rings. The van der Waals surface area contributed by atoms with Gasteiger partial charge in [0, 0.05) is 11.4 Å². The van der Waals surface area contributed by atoms with Crippen LogP contribution >= 0.6 is 15.9 Å². The molecule has 0 saturated carbocycles. The molecule has 1 rings (SSSR count). The molecule has 1 atom stereocenters. The van der Waals surface area contributed by atoms with Gasteiger partial charge in [-0.2, -0.15) is 0 Å². The van der Waals surface area contributed by atoms with Crippen LogP contribution in [0.2, 0.25) is 0 Å². The monoisotopic (exact) mass is 332 g/mol. The molecule has 0 bridgehead atoms. The maximum atomic E-state index is 13.0. The Morgan fingerprint density at radius 1 is 1.58 bits per heavy atom. The topological polar surface area (TPSA) is 72.2 Å². The highest BCUT2D eigenvalue weighted by Crippen LogP contribution is 2.20. The van der Waals surface area contributed by atoms with E-state index in [1.807, 2.05) is 6.92 Å². The molecule has 1 aromatic carbocycles. The van der Waals surface area contributed by atoms with Crippen molar-refractivity contribution in [2.45, 2.75) is 25.8 Å². The number of amides is 1. The van der Waals surface area contributed by atoms with E-state index in [1.54, 1.807) is 0 Å². The van der Waals surface area contributed by atoms with Crippen LogP contribution in [0.1, 0.15) is 30.1 Å². The second-order valence-corrected chi connectivity index (χ2v) is 4.77. The third-order valence-corrected chi connectivity index (χ3v) is 3.14. The van der Waals surface area contributed by atoms with Gasteiger partial charge in [0.25, 0.3) is 11.6 Å². The Kier molecular flexibility index (Phi) is 5.88. The van der Waals surface area contributed by atoms with Gasteiger partial charge < -0.3 is 5.32 Å². The lowest BCUT2D eigenvalue weighted by Crippen LogP contribution is -2.35. The summed E-state index contributed by atoms with van der Waals surface area (Å²) < 4.78 is 13.0. The summed E-state index contributed by atoms with van der Waals surface area (Å²) in [6, 6.07) is 2.84. The van der Waals surface area contributed by atoms with Gasteiger partial charge in [0.05, 0.1) is 11.0 Å². The molecule has 0 heterocycles. The fourth-order valence-electron chi connectivity index (χ4n) is 1.62. The molecule has 1 aromatic rings. The van der Waals surface area contributed by atoms with Crippen molar-refractivity contribution >= 4 is 27.5 Å². The van der Waals surface area contributed by atoms with E-state index in [9.17, 15) is 19.3 Å². The Balaban J connectivity index is 2.96. The van der Waals surface area contributed by atoms with Crippen molar-refractivity contribution in [2.75, 3.05) is 5.33 Å². The number of benzene rings is 1. The number of carbonyl (C=O) groups excluding carboxylic acids is 1. The van der Waals surface area contributed by atoms with Crippen molar-refractivity contribution in [3.63, 3.8) is 0 Å². The summed E-state index contributed by atoms with van der Waals surface area (Å²) >= 11 is 3.28. The number of nitro groups is 1. The Bertz CT molecular complexity index is 482. The van der Waals surface area contributed by atoms with Gasteiger partial charge in [0.15, 0.2) is 0 Å². The average Bonchev–Trinajstić information content (AvgIpc) is 2.37. The smallest absolute Gasteiger partial charge is 0.285 e. The first-order valence-corrected chi connectivity index (χ1v) is 6.92. The molecule has 5 nitrogen and oxygen atoms in total. The molecule has 7 heteroatoms. The van der Waals surface area contributed by atoms with Crippen molar-refractivity contribution in [2.24, 2.45) is 0 Å². The second-order valence-electron chi connectivity index (χ2n) is 3.97. The highest BCUT2D eigenvalue weighted by molar-refractivity contribution is 9.09. The highest BCUT2D eigenvalue weighted by atomic mass is 79.9. The molecule has 1 N–H and O–H groups in total. The minimum atomic E-state index is -0.760. The summed E-state index contributed by atoms with van der Waals surface area (Å²) in [5, 5.41) is 14.2. The Morgan fingerprint density at radius 3 is 2.79 bits per heavy atom. The first-order valence-electron chi connectivity index (χ1n) is 5.80. The molecule has 0 aliphatic heterocycles. The van der Waals surface area contributed by atoms with Gasteiger partial charge in [-0.3, -0.25) is 14.9 Å². The first-order chi connectivity index (χ1) is 8.99. The van der Waals surface area contributed by atoms with Crippen LogP contribution in [0, 0.1) is 15.9 Å². The SMILES string of the molecule is CCC(CCBr)NC(=O)c1ccc(F)cc1[N+](=O)[O-]. The van der Waals surface area contributed by atoms with Gasteiger partial charge in [-0.1, -0.05) is 22.9 Å². The lowest BCUT2D eigenvalue weighted by molar-refractivity contribution is -0.385. The second kappa shape index (κ2) is 7.18. The van der Waals surface area contributed by atoms with Gasteiger partial charge in [-0.15, -0.1) is 0 Å². The molecule has 0 aromatic heterocycles. The summed E-state index contributed by atoms with van der Waals surface area (Å²) in [6.45, 7) is 1.91. The normalized spacial score (nSPS) is 11.9. The van der Waals surface area contributed by atoms with Crippen molar-refractivity contribution < 1.29 is 14.1 Å². The third kappa shape index (κ3) is 4.27. The average molecular weight is 333 g/mol. The number of nitro benzene ring substituents is 1. The fraction of sp³-hybridized carbons (Fsp3) is 0.417. The summed E-state index contributed by atoms with van der Waals surface area (Å²) in [6.07, 6.45) is 1.43. The van der Waals surface area contributed by atoms with E-state index in [2.05, 4.69) is 21.2 Å². The minimum absolute atomic E-state index is 0.0727. The zero-order valence-electron chi connectivity index (χ0n) is 10.4. The summed E-state index contributed by atoms with van der Waals surface area (Å²) in [7, 11) is 0. The van der Waals surface area contributed by atoms with Crippen LogP contribution in [-0.2, 0) is 0 Å². The number of rotatable bonds is 6. The summed E-state index contributed by atoms with van der Waals surface area (Å²) in [5.41, 5.74) is -0.648. The van der Waals surface area contributed by atoms with E-state index in [-0.39, 0.29) is 11.6 Å². The number of carbonyl (C=O) groups is 1. The predicted molar refractivity (Wildman–Crippen MR) is 73.0 cm³/mol. The molecule has 0 aliphatic carbocycles. The van der Waals surface area contributed by atoms with E-state index < -0.39 is 22.3 Å². The molecule has 104 valence electrons. The van der Waals surface area contributed by atoms with Crippen LogP contribution in [0.4, 0.5) is 10.1 Å². The number of alkyl halides is 1. The molecule has 0 saturated heterocycles. The number of hydrogen-bond donors (Lipinski definition) is 1. The van der Waals surface area contributed by atoms with Crippen LogP contribution < -0.4 is 5.32 Å². The molecule has 0 fully saturated rings. The number of nitrogens with one attached hydrogen (secondary N) is 1. The number of nitrogens with zero attached hydrogens (tertiary/aromatic N) is 1. The van der Waals surface area contributed by atoms with E-state index in [1.165, 1.54) is 0 Å². The number of halogens is 2. The highest BCUT2D eigenvalue weighted by Gasteiger charge is 2.22. The largest absolute Gasteiger partial charge is 0.349 e. The van der Waals surface area contributed by atoms with Crippen molar-refractivity contribution in [3.8, 4) is 0 Å². The lowest BCUT2D eigenvalue weighted by Gasteiger charge is -2.15. The van der Waals surface area contributed by atoms with Crippen molar-refractivity contribution in [1.29, 1.82) is 0 Å². The molecule has 0 spiro atoms. The van der Waals surface area contributed by atoms with Crippen LogP contribution in [0.3, 0.4) is 0 Å². The van der Waals surface area contributed by atoms with Crippen LogP contribution in [0.5, 0.6) is 0 Å². The van der Waals surface area contributed by atoms with Gasteiger partial charge >= 0.3 is 0 Å². The zero-order valence-corrected chi connectivity index (χ0v) is 11.9. The van der Waals surface area contributed by atoms with E-state index in [4.69, 9.17) is 0 Å². The molecule has 19 heavy (non-hydrogen) atoms. The molecular weight excluding hydrogens is 319 g/mol. The van der Waals surface area contributed by atoms with Crippen molar-refractivity contribution in [3.05, 3.63) is 39.7 Å². The third-order valence-electron chi connectivity index (χ3n) is 2.69. The van der Waals surface area contributed by atoms with Crippen molar-refractivity contribution in [1.82, 2.24) is 5.32 Å². The number of hydrogen-bond acceptors (Lipinski definition) is 3. The fourth-order valence-corrected chi connectivity index (χ4v) is 2.17. The lowest BCUT2D eigenvalue weighted by atomic mass is 10.1. The van der Waals surface area contributed by atoms with Crippen LogP contribution in [-0.4, -0.2) is 22.2 Å². The summed E-state index contributed by atoms with van der Waals surface area (Å²) in [4.78, 5) is 22.0. The van der Waals surface area contributed by atoms with Crippen LogP contribution in [0.25, 0.3) is 0 Å². The molecular formula is C12H14BrFN2O3. The van der Waals surface area contributed by atoms with E-state index >= 15 is 0 Å². The Hall–Kier alpha value is -1.50. The van der Waals surface area contributed by atoms with E-state index in [0.29, 0.717) is 6.42 Å². The maximum Gasteiger partial charge on any atom is 0.285 e. The quantitative estimate of drug-likeness (QED) is 0.494. The van der Waals surface area contributed by atoms with Gasteiger partial charge in [0.1, 0.15) is 11.4 Å². The Labute approximate surface area is 118 Å². The minimum Gasteiger partial charge on any atom is -0.349 e. The standard InChI is InChI=1S/C12H14BrFN2O3/c1-2-9(5-6-13)15-12(17)10-4-3-8(14)7-11(10)16(18)19/h3-4,7,9H,2,5-6H2,1H3,(H,15,17). The van der Waals surface area contributed by atoms with Gasteiger partial charge in [0.2, 0.25) is 0 Å². The van der Waals surface area contributed by atoms with Crippen LogP contribution in [0.15, 0.2) is 18.2 Å². The molecule has 1 amide bonds. The van der Waals surface area contributed by atoms with Gasteiger partial charge in [-0.05, 0) is 25.0 Å². The zero-order chi connectivity index (χ0) is 14.4. The molecule has 1 unspecified atom stereocenters. The Morgan fingerprint density at radius 2 is 2.26 bits per heavy atom. The maximum absolute atomic E-state index is 13.0. The van der Waals surface area contributed by atoms with Gasteiger partial charge in [-0.25, -0.2) is 4.39 Å². The molecule has 0 radical (unpaired) electrons. The first kappa shape index (κ1) is 15.6.